The van der Waals surface area contributed by atoms with Gasteiger partial charge in [0.1, 0.15) is 0 Å². The van der Waals surface area contributed by atoms with E-state index in [4.69, 9.17) is 5.73 Å². The summed E-state index contributed by atoms with van der Waals surface area (Å²) >= 11 is 0. The van der Waals surface area contributed by atoms with Gasteiger partial charge in [0, 0.05) is 12.1 Å². The minimum atomic E-state index is -0.878. The molecule has 0 aromatic heterocycles. The molecule has 0 saturated carbocycles. The van der Waals surface area contributed by atoms with Crippen LogP contribution in [0.15, 0.2) is 54.6 Å². The van der Waals surface area contributed by atoms with Gasteiger partial charge in [0.15, 0.2) is 0 Å². The van der Waals surface area contributed by atoms with Crippen molar-refractivity contribution in [2.75, 3.05) is 4.90 Å². The van der Waals surface area contributed by atoms with Crippen molar-refractivity contribution in [2.24, 2.45) is 5.73 Å². The van der Waals surface area contributed by atoms with E-state index < -0.39 is 11.3 Å². The molecule has 0 bridgehead atoms. The summed E-state index contributed by atoms with van der Waals surface area (Å²) in [6, 6.07) is 17.4. The van der Waals surface area contributed by atoms with Crippen LogP contribution in [0.1, 0.15) is 24.5 Å². The lowest BCUT2D eigenvalue weighted by Gasteiger charge is -2.23. The molecule has 1 aliphatic heterocycles. The Hall–Kier alpha value is -2.62. The number of carbonyl (C=O) groups excluding carboxylic acids is 2. The van der Waals surface area contributed by atoms with E-state index >= 15 is 0 Å². The molecule has 1 heterocycles. The van der Waals surface area contributed by atoms with Crippen LogP contribution in [0.25, 0.3) is 0 Å². The molecule has 1 aliphatic rings. The molecule has 3 rings (SSSR count). The third-order valence-electron chi connectivity index (χ3n) is 4.22. The van der Waals surface area contributed by atoms with Gasteiger partial charge in [-0.3, -0.25) is 9.59 Å². The van der Waals surface area contributed by atoms with Crippen LogP contribution in [0.4, 0.5) is 5.69 Å². The van der Waals surface area contributed by atoms with Crippen molar-refractivity contribution in [2.45, 2.75) is 25.3 Å². The first-order chi connectivity index (χ1) is 10.5. The Kier molecular flexibility index (Phi) is 3.45. The Morgan fingerprint density at radius 2 is 1.73 bits per heavy atom. The molecule has 2 aromatic carbocycles. The van der Waals surface area contributed by atoms with Crippen LogP contribution in [0.2, 0.25) is 0 Å². The highest BCUT2D eigenvalue weighted by molar-refractivity contribution is 6.09. The molecule has 112 valence electrons. The molecule has 0 spiro atoms. The summed E-state index contributed by atoms with van der Waals surface area (Å²) in [5.41, 5.74) is 7.27. The normalized spacial score (nSPS) is 20.0. The Morgan fingerprint density at radius 1 is 1.09 bits per heavy atom. The summed E-state index contributed by atoms with van der Waals surface area (Å²) in [6.45, 7) is 2.29. The molecule has 2 amide bonds. The van der Waals surface area contributed by atoms with Crippen LogP contribution in [-0.2, 0) is 21.5 Å². The van der Waals surface area contributed by atoms with E-state index in [1.54, 1.807) is 11.8 Å². The molecule has 0 aliphatic carbocycles. The number of nitrogens with two attached hydrogens (primary N) is 1. The van der Waals surface area contributed by atoms with E-state index in [0.717, 1.165) is 16.8 Å². The maximum atomic E-state index is 12.9. The van der Waals surface area contributed by atoms with Gasteiger partial charge < -0.3 is 10.6 Å². The maximum absolute atomic E-state index is 12.9. The fraction of sp³-hybridized carbons (Fsp3) is 0.222. The summed E-state index contributed by atoms with van der Waals surface area (Å²) in [5.74, 6) is -0.538. The van der Waals surface area contributed by atoms with Gasteiger partial charge >= 0.3 is 0 Å². The molecule has 0 fully saturated rings. The number of amides is 2. The first-order valence-corrected chi connectivity index (χ1v) is 7.26. The van der Waals surface area contributed by atoms with Gasteiger partial charge in [-0.05, 0) is 24.1 Å². The monoisotopic (exact) mass is 294 g/mol. The van der Waals surface area contributed by atoms with Crippen LogP contribution in [-0.4, -0.2) is 11.8 Å². The summed E-state index contributed by atoms with van der Waals surface area (Å²) in [6.07, 6.45) is 0.0220. The molecular weight excluding hydrogens is 276 g/mol. The first-order valence-electron chi connectivity index (χ1n) is 7.26. The van der Waals surface area contributed by atoms with E-state index in [-0.39, 0.29) is 12.3 Å². The molecule has 1 atom stereocenters. The molecule has 1 unspecified atom stereocenters. The highest BCUT2D eigenvalue weighted by Crippen LogP contribution is 2.44. The zero-order chi connectivity index (χ0) is 15.7. The van der Waals surface area contributed by atoms with Crippen molar-refractivity contribution in [1.29, 1.82) is 0 Å². The van der Waals surface area contributed by atoms with E-state index in [1.807, 2.05) is 54.6 Å². The molecule has 2 N–H and O–H groups in total. The van der Waals surface area contributed by atoms with Gasteiger partial charge in [0.2, 0.25) is 11.8 Å². The second-order valence-corrected chi connectivity index (χ2v) is 5.87. The van der Waals surface area contributed by atoms with Gasteiger partial charge in [-0.25, -0.2) is 0 Å². The lowest BCUT2D eigenvalue weighted by molar-refractivity contribution is -0.127. The minimum Gasteiger partial charge on any atom is -0.370 e. The average Bonchev–Trinajstić information content (AvgIpc) is 2.70. The maximum Gasteiger partial charge on any atom is 0.238 e. The van der Waals surface area contributed by atoms with E-state index in [9.17, 15) is 9.59 Å². The Labute approximate surface area is 129 Å². The van der Waals surface area contributed by atoms with Crippen molar-refractivity contribution in [3.63, 3.8) is 0 Å². The number of nitrogens with zero attached hydrogens (tertiary/aromatic N) is 1. The van der Waals surface area contributed by atoms with Crippen molar-refractivity contribution < 1.29 is 9.59 Å². The quantitative estimate of drug-likeness (QED) is 0.941. The van der Waals surface area contributed by atoms with Gasteiger partial charge in [0.05, 0.1) is 12.0 Å². The minimum absolute atomic E-state index is 0.0220. The summed E-state index contributed by atoms with van der Waals surface area (Å²) in [7, 11) is 0. The number of para-hydroxylation sites is 1. The van der Waals surface area contributed by atoms with Crippen LogP contribution in [0.3, 0.4) is 0 Å². The fourth-order valence-corrected chi connectivity index (χ4v) is 3.14. The summed E-state index contributed by atoms with van der Waals surface area (Å²) in [5, 5.41) is 0. The molecule has 0 saturated heterocycles. The Balaban J connectivity index is 2.02. The Bertz CT molecular complexity index is 727. The van der Waals surface area contributed by atoms with Crippen LogP contribution in [0, 0.1) is 0 Å². The standard InChI is InChI=1S/C18H18N2O2/c1-18(11-16(19)21)14-9-5-6-10-15(14)20(17(18)22)12-13-7-3-2-4-8-13/h2-10H,11-12H2,1H3,(H2,19,21). The second kappa shape index (κ2) is 5.30. The SMILES string of the molecule is CC1(CC(N)=O)C(=O)N(Cc2ccccc2)c2ccccc21. The van der Waals surface area contributed by atoms with Crippen LogP contribution >= 0.6 is 0 Å². The molecule has 2 aromatic rings. The van der Waals surface area contributed by atoms with Crippen molar-refractivity contribution in [1.82, 2.24) is 0 Å². The smallest absolute Gasteiger partial charge is 0.238 e. The summed E-state index contributed by atoms with van der Waals surface area (Å²) in [4.78, 5) is 26.1. The second-order valence-electron chi connectivity index (χ2n) is 5.87. The van der Waals surface area contributed by atoms with Crippen LogP contribution < -0.4 is 10.6 Å². The number of hydrogen-bond acceptors (Lipinski definition) is 2. The van der Waals surface area contributed by atoms with Gasteiger partial charge in [-0.1, -0.05) is 48.5 Å². The molecule has 22 heavy (non-hydrogen) atoms. The van der Waals surface area contributed by atoms with Gasteiger partial charge in [-0.15, -0.1) is 0 Å². The average molecular weight is 294 g/mol. The number of carbonyl (C=O) groups is 2. The lowest BCUT2D eigenvalue weighted by Crippen LogP contribution is -2.40. The Morgan fingerprint density at radius 3 is 2.41 bits per heavy atom. The first kappa shape index (κ1) is 14.3. The summed E-state index contributed by atoms with van der Waals surface area (Å²) < 4.78 is 0. The number of anilines is 1. The number of fused-ring (bicyclic) bond motifs is 1. The molecule has 4 heteroatoms. The number of benzene rings is 2. The van der Waals surface area contributed by atoms with E-state index in [1.165, 1.54) is 0 Å². The largest absolute Gasteiger partial charge is 0.370 e. The topological polar surface area (TPSA) is 63.4 Å². The number of rotatable bonds is 4. The predicted molar refractivity (Wildman–Crippen MR) is 85.2 cm³/mol. The third-order valence-corrected chi connectivity index (χ3v) is 4.22. The van der Waals surface area contributed by atoms with Crippen molar-refractivity contribution in [3.05, 3.63) is 65.7 Å². The fourth-order valence-electron chi connectivity index (χ4n) is 3.14. The third kappa shape index (κ3) is 2.26. The van der Waals surface area contributed by atoms with Crippen molar-refractivity contribution in [3.8, 4) is 0 Å². The molecule has 0 radical (unpaired) electrons. The highest BCUT2D eigenvalue weighted by Gasteiger charge is 2.47. The molecule has 4 nitrogen and oxygen atoms in total. The lowest BCUT2D eigenvalue weighted by atomic mass is 9.80. The zero-order valence-electron chi connectivity index (χ0n) is 12.5. The van der Waals surface area contributed by atoms with Crippen molar-refractivity contribution >= 4 is 17.5 Å². The zero-order valence-corrected chi connectivity index (χ0v) is 12.5. The number of primary amides is 1. The van der Waals surface area contributed by atoms with E-state index in [2.05, 4.69) is 0 Å². The van der Waals surface area contributed by atoms with Gasteiger partial charge in [0.25, 0.3) is 0 Å². The van der Waals surface area contributed by atoms with Gasteiger partial charge in [-0.2, -0.15) is 0 Å². The van der Waals surface area contributed by atoms with E-state index in [0.29, 0.717) is 6.54 Å². The molecular formula is C18H18N2O2. The predicted octanol–water partition coefficient (Wildman–Crippen LogP) is 2.37. The van der Waals surface area contributed by atoms with Crippen LogP contribution in [0.5, 0.6) is 0 Å². The highest BCUT2D eigenvalue weighted by atomic mass is 16.2. The number of hydrogen-bond donors (Lipinski definition) is 1.